The van der Waals surface area contributed by atoms with Gasteiger partial charge in [0, 0.05) is 23.7 Å². The normalized spacial score (nSPS) is 10.8. The van der Waals surface area contributed by atoms with Crippen molar-refractivity contribution < 1.29 is 4.74 Å². The molecule has 0 atom stereocenters. The SMILES string of the molecule is Cc1ccc(CN)cc1OCc1ccnc2ccccc12. The number of benzene rings is 2. The molecule has 1 heterocycles. The van der Waals surface area contributed by atoms with E-state index in [4.69, 9.17) is 10.5 Å². The van der Waals surface area contributed by atoms with Crippen molar-refractivity contribution in [3.63, 3.8) is 0 Å². The first kappa shape index (κ1) is 13.6. The van der Waals surface area contributed by atoms with Crippen LogP contribution < -0.4 is 10.5 Å². The van der Waals surface area contributed by atoms with Crippen molar-refractivity contribution in [2.75, 3.05) is 0 Å². The summed E-state index contributed by atoms with van der Waals surface area (Å²) in [5.41, 5.74) is 10.0. The maximum atomic E-state index is 5.99. The predicted molar refractivity (Wildman–Crippen MR) is 85.1 cm³/mol. The zero-order chi connectivity index (χ0) is 14.7. The van der Waals surface area contributed by atoms with E-state index in [2.05, 4.69) is 11.1 Å². The number of para-hydroxylation sites is 1. The van der Waals surface area contributed by atoms with E-state index in [9.17, 15) is 0 Å². The van der Waals surface area contributed by atoms with Crippen LogP contribution in [0.3, 0.4) is 0 Å². The second kappa shape index (κ2) is 5.94. The van der Waals surface area contributed by atoms with Crippen molar-refractivity contribution >= 4 is 10.9 Å². The van der Waals surface area contributed by atoms with Gasteiger partial charge in [-0.05, 0) is 36.2 Å². The quantitative estimate of drug-likeness (QED) is 0.793. The Hall–Kier alpha value is -2.39. The molecule has 0 aliphatic rings. The van der Waals surface area contributed by atoms with Crippen molar-refractivity contribution in [3.05, 3.63) is 71.4 Å². The summed E-state index contributed by atoms with van der Waals surface area (Å²) in [6.45, 7) is 3.09. The average molecular weight is 278 g/mol. The molecule has 0 aliphatic carbocycles. The van der Waals surface area contributed by atoms with Crippen LogP contribution in [0.25, 0.3) is 10.9 Å². The maximum Gasteiger partial charge on any atom is 0.123 e. The van der Waals surface area contributed by atoms with Gasteiger partial charge < -0.3 is 10.5 Å². The average Bonchev–Trinajstić information content (AvgIpc) is 2.54. The molecule has 2 N–H and O–H groups in total. The van der Waals surface area contributed by atoms with E-state index in [1.807, 2.05) is 55.6 Å². The summed E-state index contributed by atoms with van der Waals surface area (Å²) in [7, 11) is 0. The molecule has 3 nitrogen and oxygen atoms in total. The largest absolute Gasteiger partial charge is 0.489 e. The lowest BCUT2D eigenvalue weighted by Crippen LogP contribution is -2.01. The smallest absolute Gasteiger partial charge is 0.123 e. The molecular formula is C18H18N2O. The molecular weight excluding hydrogens is 260 g/mol. The topological polar surface area (TPSA) is 48.1 Å². The summed E-state index contributed by atoms with van der Waals surface area (Å²) in [5.74, 6) is 0.888. The van der Waals surface area contributed by atoms with Gasteiger partial charge in [0.05, 0.1) is 5.52 Å². The first-order chi connectivity index (χ1) is 10.3. The van der Waals surface area contributed by atoms with E-state index in [0.717, 1.165) is 33.3 Å². The number of nitrogens with zero attached hydrogens (tertiary/aromatic N) is 1. The zero-order valence-electron chi connectivity index (χ0n) is 12.0. The van der Waals surface area contributed by atoms with Crippen LogP contribution >= 0.6 is 0 Å². The van der Waals surface area contributed by atoms with Crippen LogP contribution in [0.15, 0.2) is 54.7 Å². The number of pyridine rings is 1. The van der Waals surface area contributed by atoms with E-state index in [0.29, 0.717) is 13.2 Å². The van der Waals surface area contributed by atoms with Crippen molar-refractivity contribution in [2.24, 2.45) is 5.73 Å². The molecule has 1 aromatic heterocycles. The Morgan fingerprint density at radius 1 is 1.10 bits per heavy atom. The number of ether oxygens (including phenoxy) is 1. The molecule has 0 fully saturated rings. The third-order valence-corrected chi connectivity index (χ3v) is 3.61. The second-order valence-electron chi connectivity index (χ2n) is 5.08. The Morgan fingerprint density at radius 3 is 2.81 bits per heavy atom. The first-order valence-corrected chi connectivity index (χ1v) is 7.03. The highest BCUT2D eigenvalue weighted by Gasteiger charge is 2.05. The Kier molecular flexibility index (Phi) is 3.84. The summed E-state index contributed by atoms with van der Waals surface area (Å²) in [6, 6.07) is 16.2. The Morgan fingerprint density at radius 2 is 1.95 bits per heavy atom. The lowest BCUT2D eigenvalue weighted by atomic mass is 10.1. The standard InChI is InChI=1S/C18H18N2O/c1-13-6-7-14(11-19)10-18(13)21-12-15-8-9-20-17-5-3-2-4-16(15)17/h2-10H,11-12,19H2,1H3. The number of nitrogens with two attached hydrogens (primary N) is 1. The fraction of sp³-hybridized carbons (Fsp3) is 0.167. The molecule has 21 heavy (non-hydrogen) atoms. The van der Waals surface area contributed by atoms with Gasteiger partial charge in [0.15, 0.2) is 0 Å². The van der Waals surface area contributed by atoms with Gasteiger partial charge in [0.2, 0.25) is 0 Å². The van der Waals surface area contributed by atoms with Gasteiger partial charge in [-0.25, -0.2) is 0 Å². The highest BCUT2D eigenvalue weighted by atomic mass is 16.5. The van der Waals surface area contributed by atoms with Crippen LogP contribution in [0.1, 0.15) is 16.7 Å². The number of aromatic nitrogens is 1. The highest BCUT2D eigenvalue weighted by molar-refractivity contribution is 5.81. The number of hydrogen-bond donors (Lipinski definition) is 1. The van der Waals surface area contributed by atoms with Crippen molar-refractivity contribution in [1.29, 1.82) is 0 Å². The van der Waals surface area contributed by atoms with Gasteiger partial charge in [-0.2, -0.15) is 0 Å². The second-order valence-corrected chi connectivity index (χ2v) is 5.08. The van der Waals surface area contributed by atoms with Gasteiger partial charge >= 0.3 is 0 Å². The Bertz CT molecular complexity index is 763. The highest BCUT2D eigenvalue weighted by Crippen LogP contribution is 2.23. The van der Waals surface area contributed by atoms with E-state index in [-0.39, 0.29) is 0 Å². The van der Waals surface area contributed by atoms with Crippen LogP contribution in [-0.2, 0) is 13.2 Å². The summed E-state index contributed by atoms with van der Waals surface area (Å²) in [5, 5.41) is 1.13. The molecule has 0 radical (unpaired) electrons. The molecule has 2 aromatic carbocycles. The van der Waals surface area contributed by atoms with Crippen LogP contribution in [0.5, 0.6) is 5.75 Å². The van der Waals surface area contributed by atoms with Crippen LogP contribution in [0.4, 0.5) is 0 Å². The number of rotatable bonds is 4. The molecule has 0 amide bonds. The lowest BCUT2D eigenvalue weighted by Gasteiger charge is -2.12. The minimum Gasteiger partial charge on any atom is -0.489 e. The van der Waals surface area contributed by atoms with Crippen molar-refractivity contribution in [2.45, 2.75) is 20.1 Å². The predicted octanol–water partition coefficient (Wildman–Crippen LogP) is 3.58. The molecule has 3 heteroatoms. The summed E-state index contributed by atoms with van der Waals surface area (Å²) < 4.78 is 5.99. The maximum absolute atomic E-state index is 5.99. The summed E-state index contributed by atoms with van der Waals surface area (Å²) in [4.78, 5) is 4.37. The minimum atomic E-state index is 0.523. The van der Waals surface area contributed by atoms with Gasteiger partial charge in [-0.15, -0.1) is 0 Å². The van der Waals surface area contributed by atoms with Crippen LogP contribution in [0, 0.1) is 6.92 Å². The lowest BCUT2D eigenvalue weighted by molar-refractivity contribution is 0.305. The Balaban J connectivity index is 1.87. The zero-order valence-corrected chi connectivity index (χ0v) is 12.0. The molecule has 106 valence electrons. The molecule has 0 unspecified atom stereocenters. The summed E-state index contributed by atoms with van der Waals surface area (Å²) in [6.07, 6.45) is 1.82. The molecule has 3 aromatic rings. The molecule has 0 aliphatic heterocycles. The van der Waals surface area contributed by atoms with Crippen molar-refractivity contribution in [3.8, 4) is 5.75 Å². The van der Waals surface area contributed by atoms with Gasteiger partial charge in [0.25, 0.3) is 0 Å². The first-order valence-electron chi connectivity index (χ1n) is 7.03. The fourth-order valence-corrected chi connectivity index (χ4v) is 2.36. The Labute approximate surface area is 124 Å². The number of aryl methyl sites for hydroxylation is 1. The van der Waals surface area contributed by atoms with E-state index >= 15 is 0 Å². The van der Waals surface area contributed by atoms with Gasteiger partial charge in [-0.1, -0.05) is 30.3 Å². The van der Waals surface area contributed by atoms with E-state index < -0.39 is 0 Å². The van der Waals surface area contributed by atoms with Gasteiger partial charge in [0.1, 0.15) is 12.4 Å². The van der Waals surface area contributed by atoms with Crippen LogP contribution in [0.2, 0.25) is 0 Å². The molecule has 3 rings (SSSR count). The number of fused-ring (bicyclic) bond motifs is 1. The van der Waals surface area contributed by atoms with E-state index in [1.165, 1.54) is 0 Å². The molecule has 0 spiro atoms. The van der Waals surface area contributed by atoms with Crippen molar-refractivity contribution in [1.82, 2.24) is 4.98 Å². The van der Waals surface area contributed by atoms with Crippen LogP contribution in [-0.4, -0.2) is 4.98 Å². The minimum absolute atomic E-state index is 0.523. The number of hydrogen-bond acceptors (Lipinski definition) is 3. The third-order valence-electron chi connectivity index (χ3n) is 3.61. The third kappa shape index (κ3) is 2.88. The van der Waals surface area contributed by atoms with E-state index in [1.54, 1.807) is 0 Å². The monoisotopic (exact) mass is 278 g/mol. The molecule has 0 saturated heterocycles. The molecule has 0 bridgehead atoms. The molecule has 0 saturated carbocycles. The fourth-order valence-electron chi connectivity index (χ4n) is 2.36. The summed E-state index contributed by atoms with van der Waals surface area (Å²) >= 11 is 0. The van der Waals surface area contributed by atoms with Gasteiger partial charge in [-0.3, -0.25) is 4.98 Å².